The van der Waals surface area contributed by atoms with Gasteiger partial charge in [-0.1, -0.05) is 11.6 Å². The number of carboxylic acids is 1. The van der Waals surface area contributed by atoms with Crippen LogP contribution >= 0.6 is 0 Å². The highest BCUT2D eigenvalue weighted by molar-refractivity contribution is 5.73. The molecule has 4 aliphatic carbocycles. The summed E-state index contributed by atoms with van der Waals surface area (Å²) in [6.07, 6.45) is 5.68. The van der Waals surface area contributed by atoms with Gasteiger partial charge in [0.1, 0.15) is 0 Å². The first-order valence-corrected chi connectivity index (χ1v) is 4.69. The average molecular weight is 164 g/mol. The number of aliphatic carboxylic acids is 1. The Hall–Kier alpha value is -0.790. The second-order valence-electron chi connectivity index (χ2n) is 4.41. The number of hydrogen-bond donors (Lipinski definition) is 1. The smallest absolute Gasteiger partial charge is 0.307 e. The standard InChI is InChI=1S/C10H12O2/c11-10(12)9-7-2-5-1-6(4-7)8(9)3-5/h1,5,7-9H,2-4H2,(H,11,12). The zero-order valence-corrected chi connectivity index (χ0v) is 6.86. The molecule has 12 heavy (non-hydrogen) atoms. The Kier molecular flexibility index (Phi) is 1.07. The first kappa shape index (κ1) is 6.70. The molecule has 0 aromatic rings. The van der Waals surface area contributed by atoms with Crippen LogP contribution in [-0.2, 0) is 4.79 Å². The molecule has 0 saturated heterocycles. The topological polar surface area (TPSA) is 37.3 Å². The van der Waals surface area contributed by atoms with Gasteiger partial charge in [-0.05, 0) is 37.0 Å². The first-order valence-electron chi connectivity index (χ1n) is 4.69. The Labute approximate surface area is 71.3 Å². The lowest BCUT2D eigenvalue weighted by atomic mass is 9.76. The fraction of sp³-hybridized carbons (Fsp3) is 0.700. The summed E-state index contributed by atoms with van der Waals surface area (Å²) in [4.78, 5) is 11.0. The Morgan fingerprint density at radius 2 is 2.33 bits per heavy atom. The van der Waals surface area contributed by atoms with Crippen LogP contribution in [0.25, 0.3) is 0 Å². The van der Waals surface area contributed by atoms with Gasteiger partial charge in [0, 0.05) is 0 Å². The van der Waals surface area contributed by atoms with Gasteiger partial charge in [0.05, 0.1) is 5.92 Å². The maximum absolute atomic E-state index is 11.0. The van der Waals surface area contributed by atoms with Gasteiger partial charge < -0.3 is 5.11 Å². The molecule has 2 saturated carbocycles. The molecule has 0 aromatic heterocycles. The Bertz CT molecular complexity index is 280. The number of carbonyl (C=O) groups is 1. The highest BCUT2D eigenvalue weighted by Gasteiger charge is 2.51. The molecule has 0 amide bonds. The molecule has 4 unspecified atom stereocenters. The lowest BCUT2D eigenvalue weighted by Crippen LogP contribution is -2.29. The monoisotopic (exact) mass is 164 g/mol. The molecule has 2 fully saturated rings. The van der Waals surface area contributed by atoms with Crippen LogP contribution in [0.4, 0.5) is 0 Å². The molecule has 0 aliphatic heterocycles. The van der Waals surface area contributed by atoms with Gasteiger partial charge in [0.2, 0.25) is 0 Å². The van der Waals surface area contributed by atoms with Crippen molar-refractivity contribution < 1.29 is 9.90 Å². The Morgan fingerprint density at radius 1 is 1.50 bits per heavy atom. The fourth-order valence-electron chi connectivity index (χ4n) is 3.48. The molecule has 1 N–H and O–H groups in total. The third-order valence-electron chi connectivity index (χ3n) is 3.81. The van der Waals surface area contributed by atoms with E-state index in [4.69, 9.17) is 5.11 Å². The number of rotatable bonds is 1. The van der Waals surface area contributed by atoms with E-state index in [1.165, 1.54) is 5.57 Å². The van der Waals surface area contributed by atoms with Gasteiger partial charge in [-0.25, -0.2) is 0 Å². The summed E-state index contributed by atoms with van der Waals surface area (Å²) >= 11 is 0. The third kappa shape index (κ3) is 0.637. The minimum Gasteiger partial charge on any atom is -0.481 e. The highest BCUT2D eigenvalue weighted by atomic mass is 16.4. The normalized spacial score (nSPS) is 48.2. The second-order valence-corrected chi connectivity index (χ2v) is 4.41. The molecular formula is C10H12O2. The first-order chi connectivity index (χ1) is 5.75. The van der Waals surface area contributed by atoms with Crippen molar-refractivity contribution in [3.05, 3.63) is 11.6 Å². The second kappa shape index (κ2) is 1.93. The lowest BCUT2D eigenvalue weighted by molar-refractivity contribution is -0.145. The van der Waals surface area contributed by atoms with Crippen LogP contribution in [0.15, 0.2) is 11.6 Å². The average Bonchev–Trinajstić information content (AvgIpc) is 2.38. The van der Waals surface area contributed by atoms with E-state index in [2.05, 4.69) is 6.08 Å². The third-order valence-corrected chi connectivity index (χ3v) is 3.81. The van der Waals surface area contributed by atoms with Crippen LogP contribution in [0.3, 0.4) is 0 Å². The molecule has 0 heterocycles. The Balaban J connectivity index is 2.01. The quantitative estimate of drug-likeness (QED) is 0.598. The van der Waals surface area contributed by atoms with Crippen molar-refractivity contribution in [2.75, 3.05) is 0 Å². The maximum atomic E-state index is 11.0. The van der Waals surface area contributed by atoms with Crippen molar-refractivity contribution in [3.63, 3.8) is 0 Å². The molecule has 4 aliphatic rings. The molecule has 2 nitrogen and oxygen atoms in total. The molecule has 0 radical (unpaired) electrons. The summed E-state index contributed by atoms with van der Waals surface area (Å²) in [6.45, 7) is 0. The SMILES string of the molecule is O=C(O)C1C2CC3=CC(C2)CC31. The van der Waals surface area contributed by atoms with E-state index >= 15 is 0 Å². The van der Waals surface area contributed by atoms with Crippen molar-refractivity contribution in [1.82, 2.24) is 0 Å². The number of carboxylic acid groups (broad SMARTS) is 1. The van der Waals surface area contributed by atoms with Crippen LogP contribution in [0.1, 0.15) is 19.3 Å². The summed E-state index contributed by atoms with van der Waals surface area (Å²) in [5.74, 6) is 1.04. The molecule has 0 aromatic carbocycles. The van der Waals surface area contributed by atoms with Crippen LogP contribution in [0.2, 0.25) is 0 Å². The van der Waals surface area contributed by atoms with E-state index in [1.54, 1.807) is 0 Å². The van der Waals surface area contributed by atoms with Crippen molar-refractivity contribution in [1.29, 1.82) is 0 Å². The molecule has 64 valence electrons. The van der Waals surface area contributed by atoms with Gasteiger partial charge in [-0.2, -0.15) is 0 Å². The minimum absolute atomic E-state index is 0.0324. The van der Waals surface area contributed by atoms with Gasteiger partial charge in [-0.15, -0.1) is 0 Å². The van der Waals surface area contributed by atoms with Crippen LogP contribution in [-0.4, -0.2) is 11.1 Å². The van der Waals surface area contributed by atoms with Crippen molar-refractivity contribution in [2.24, 2.45) is 23.7 Å². The van der Waals surface area contributed by atoms with Crippen molar-refractivity contribution >= 4 is 5.97 Å². The van der Waals surface area contributed by atoms with Crippen LogP contribution < -0.4 is 0 Å². The molecule has 0 spiro atoms. The zero-order valence-electron chi connectivity index (χ0n) is 6.86. The van der Waals surface area contributed by atoms with Gasteiger partial charge >= 0.3 is 5.97 Å². The summed E-state index contributed by atoms with van der Waals surface area (Å²) in [7, 11) is 0. The highest BCUT2D eigenvalue weighted by Crippen LogP contribution is 2.57. The van der Waals surface area contributed by atoms with Crippen LogP contribution in [0.5, 0.6) is 0 Å². The van der Waals surface area contributed by atoms with Gasteiger partial charge in [0.25, 0.3) is 0 Å². The molecule has 4 bridgehead atoms. The fourth-order valence-corrected chi connectivity index (χ4v) is 3.48. The summed E-state index contributed by atoms with van der Waals surface area (Å²) in [5, 5.41) is 9.03. The number of hydrogen-bond acceptors (Lipinski definition) is 1. The van der Waals surface area contributed by atoms with E-state index in [9.17, 15) is 4.79 Å². The van der Waals surface area contributed by atoms with E-state index in [0.29, 0.717) is 11.8 Å². The largest absolute Gasteiger partial charge is 0.481 e. The summed E-state index contributed by atoms with van der Waals surface area (Å²) in [6, 6.07) is 0. The number of allylic oxidation sites excluding steroid dienone is 2. The minimum atomic E-state index is -0.561. The molecule has 4 rings (SSSR count). The van der Waals surface area contributed by atoms with Gasteiger partial charge in [0.15, 0.2) is 0 Å². The van der Waals surface area contributed by atoms with E-state index in [-0.39, 0.29) is 5.92 Å². The van der Waals surface area contributed by atoms with E-state index < -0.39 is 5.97 Å². The summed E-state index contributed by atoms with van der Waals surface area (Å²) < 4.78 is 0. The maximum Gasteiger partial charge on any atom is 0.307 e. The molecular weight excluding hydrogens is 152 g/mol. The molecule has 4 atom stereocenters. The van der Waals surface area contributed by atoms with Crippen molar-refractivity contribution in [3.8, 4) is 0 Å². The Morgan fingerprint density at radius 3 is 3.00 bits per heavy atom. The zero-order chi connectivity index (χ0) is 8.29. The molecule has 2 heteroatoms. The lowest BCUT2D eigenvalue weighted by Gasteiger charge is -2.28. The van der Waals surface area contributed by atoms with Crippen LogP contribution in [0, 0.1) is 23.7 Å². The van der Waals surface area contributed by atoms with Crippen molar-refractivity contribution in [2.45, 2.75) is 19.3 Å². The van der Waals surface area contributed by atoms with Gasteiger partial charge in [-0.3, -0.25) is 4.79 Å². The van der Waals surface area contributed by atoms with E-state index in [1.807, 2.05) is 0 Å². The van der Waals surface area contributed by atoms with E-state index in [0.717, 1.165) is 25.2 Å². The predicted octanol–water partition coefficient (Wildman–Crippen LogP) is 1.67. The predicted molar refractivity (Wildman–Crippen MR) is 43.5 cm³/mol. The summed E-state index contributed by atoms with van der Waals surface area (Å²) in [5.41, 5.74) is 1.46.